The van der Waals surface area contributed by atoms with E-state index in [-0.39, 0.29) is 24.5 Å². The van der Waals surface area contributed by atoms with Crippen molar-refractivity contribution in [1.29, 1.82) is 0 Å². The van der Waals surface area contributed by atoms with Gasteiger partial charge in [-0.2, -0.15) is 0 Å². The van der Waals surface area contributed by atoms with Crippen LogP contribution < -0.4 is 15.5 Å². The monoisotopic (exact) mass is 461 g/mol. The van der Waals surface area contributed by atoms with Crippen LogP contribution in [-0.2, 0) is 4.74 Å². The van der Waals surface area contributed by atoms with E-state index in [0.29, 0.717) is 11.5 Å². The van der Waals surface area contributed by atoms with Gasteiger partial charge in [-0.25, -0.2) is 9.97 Å². The van der Waals surface area contributed by atoms with Crippen LogP contribution in [0.15, 0.2) is 60.8 Å². The molecule has 0 saturated carbocycles. The molecule has 3 N–H and O–H groups in total. The van der Waals surface area contributed by atoms with Crippen molar-refractivity contribution < 1.29 is 14.6 Å². The van der Waals surface area contributed by atoms with Crippen molar-refractivity contribution in [2.75, 3.05) is 43.1 Å². The predicted octanol–water partition coefficient (Wildman–Crippen LogP) is 3.47. The van der Waals surface area contributed by atoms with Crippen LogP contribution in [0, 0.1) is 5.92 Å². The SMILES string of the molecule is CC(C)[C@H](CO)NC(=O)c1ccc(-c2ccnc(Nc3ccc(N4CCOCC4)cc3)n2)cc1. The Balaban J connectivity index is 1.41. The number of ether oxygens (including phenoxy) is 1. The lowest BCUT2D eigenvalue weighted by Gasteiger charge is -2.28. The van der Waals surface area contributed by atoms with Crippen LogP contribution in [0.25, 0.3) is 11.3 Å². The number of aliphatic hydroxyl groups excluding tert-OH is 1. The summed E-state index contributed by atoms with van der Waals surface area (Å²) in [7, 11) is 0. The van der Waals surface area contributed by atoms with Crippen LogP contribution in [0.2, 0.25) is 0 Å². The van der Waals surface area contributed by atoms with Gasteiger partial charge in [-0.1, -0.05) is 26.0 Å². The molecule has 0 aliphatic carbocycles. The van der Waals surface area contributed by atoms with E-state index >= 15 is 0 Å². The van der Waals surface area contributed by atoms with Crippen molar-refractivity contribution in [2.24, 2.45) is 5.92 Å². The van der Waals surface area contributed by atoms with Crippen molar-refractivity contribution in [1.82, 2.24) is 15.3 Å². The predicted molar refractivity (Wildman–Crippen MR) is 133 cm³/mol. The molecular weight excluding hydrogens is 430 g/mol. The zero-order chi connectivity index (χ0) is 23.9. The first-order chi connectivity index (χ1) is 16.5. The molecular formula is C26H31N5O3. The van der Waals surface area contributed by atoms with Crippen molar-refractivity contribution in [3.8, 4) is 11.3 Å². The molecule has 2 aromatic carbocycles. The van der Waals surface area contributed by atoms with Gasteiger partial charge in [0.1, 0.15) is 0 Å². The lowest BCUT2D eigenvalue weighted by atomic mass is 10.0. The maximum absolute atomic E-state index is 12.5. The number of nitrogens with zero attached hydrogens (tertiary/aromatic N) is 3. The molecule has 0 bridgehead atoms. The summed E-state index contributed by atoms with van der Waals surface area (Å²) in [6.07, 6.45) is 1.71. The van der Waals surface area contributed by atoms with Crippen LogP contribution in [0.4, 0.5) is 17.3 Å². The molecule has 2 heterocycles. The minimum Gasteiger partial charge on any atom is -0.394 e. The molecule has 3 aromatic rings. The lowest BCUT2D eigenvalue weighted by Crippen LogP contribution is -2.41. The van der Waals surface area contributed by atoms with Gasteiger partial charge in [0.25, 0.3) is 5.91 Å². The Hall–Kier alpha value is -3.49. The van der Waals surface area contributed by atoms with Gasteiger partial charge in [-0.15, -0.1) is 0 Å². The Kier molecular flexibility index (Phi) is 7.72. The van der Waals surface area contributed by atoms with Gasteiger partial charge in [-0.05, 0) is 48.4 Å². The van der Waals surface area contributed by atoms with Gasteiger partial charge in [0.2, 0.25) is 5.95 Å². The van der Waals surface area contributed by atoms with Gasteiger partial charge < -0.3 is 25.4 Å². The molecule has 178 valence electrons. The third-order valence-electron chi connectivity index (χ3n) is 5.92. The summed E-state index contributed by atoms with van der Waals surface area (Å²) in [6, 6.07) is 17.0. The smallest absolute Gasteiger partial charge is 0.251 e. The highest BCUT2D eigenvalue weighted by Crippen LogP contribution is 2.23. The van der Waals surface area contributed by atoms with Crippen LogP contribution in [0.5, 0.6) is 0 Å². The average molecular weight is 462 g/mol. The molecule has 8 heteroatoms. The van der Waals surface area contributed by atoms with Gasteiger partial charge in [0.15, 0.2) is 0 Å². The molecule has 1 atom stereocenters. The Bertz CT molecular complexity index is 1080. The zero-order valence-electron chi connectivity index (χ0n) is 19.6. The third kappa shape index (κ3) is 5.89. The fourth-order valence-electron chi connectivity index (χ4n) is 3.75. The molecule has 1 aromatic heterocycles. The molecule has 8 nitrogen and oxygen atoms in total. The molecule has 4 rings (SSSR count). The minimum atomic E-state index is -0.273. The molecule has 1 amide bonds. The molecule has 0 unspecified atom stereocenters. The first kappa shape index (κ1) is 23.7. The van der Waals surface area contributed by atoms with E-state index in [0.717, 1.165) is 43.2 Å². The van der Waals surface area contributed by atoms with Crippen molar-refractivity contribution in [3.63, 3.8) is 0 Å². The van der Waals surface area contributed by atoms with Gasteiger partial charge in [-0.3, -0.25) is 4.79 Å². The number of aromatic nitrogens is 2. The van der Waals surface area contributed by atoms with Crippen LogP contribution in [-0.4, -0.2) is 59.9 Å². The van der Waals surface area contributed by atoms with Crippen LogP contribution >= 0.6 is 0 Å². The number of benzene rings is 2. The summed E-state index contributed by atoms with van der Waals surface area (Å²) in [4.78, 5) is 23.8. The highest BCUT2D eigenvalue weighted by atomic mass is 16.5. The third-order valence-corrected chi connectivity index (χ3v) is 5.92. The van der Waals surface area contributed by atoms with Crippen LogP contribution in [0.1, 0.15) is 24.2 Å². The second-order valence-electron chi connectivity index (χ2n) is 8.62. The standard InChI is InChI=1S/C26H31N5O3/c1-18(2)24(17-32)29-25(33)20-5-3-19(4-6-20)23-11-12-27-26(30-23)28-21-7-9-22(10-8-21)31-13-15-34-16-14-31/h3-12,18,24,32H,13-17H2,1-2H3,(H,29,33)(H,27,28,30)/t24-/m0/s1. The molecule has 1 fully saturated rings. The number of amides is 1. The summed E-state index contributed by atoms with van der Waals surface area (Å²) in [6.45, 7) is 7.15. The molecule has 34 heavy (non-hydrogen) atoms. The van der Waals surface area contributed by atoms with Gasteiger partial charge in [0, 0.05) is 41.8 Å². The van der Waals surface area contributed by atoms with Gasteiger partial charge in [0.05, 0.1) is 31.6 Å². The first-order valence-electron chi connectivity index (χ1n) is 11.6. The van der Waals surface area contributed by atoms with E-state index in [2.05, 4.69) is 37.6 Å². The molecule has 1 aliphatic heterocycles. The van der Waals surface area contributed by atoms with E-state index in [1.54, 1.807) is 18.3 Å². The molecule has 1 aliphatic rings. The number of rotatable bonds is 8. The Labute approximate surface area is 200 Å². The average Bonchev–Trinajstić information content (AvgIpc) is 2.88. The number of hydrogen-bond acceptors (Lipinski definition) is 7. The van der Waals surface area contributed by atoms with Crippen LogP contribution in [0.3, 0.4) is 0 Å². The quantitative estimate of drug-likeness (QED) is 0.472. The fraction of sp³-hybridized carbons (Fsp3) is 0.346. The fourth-order valence-corrected chi connectivity index (χ4v) is 3.75. The highest BCUT2D eigenvalue weighted by Gasteiger charge is 2.16. The number of aliphatic hydroxyl groups is 1. The van der Waals surface area contributed by atoms with E-state index < -0.39 is 0 Å². The van der Waals surface area contributed by atoms with E-state index in [1.807, 2.05) is 44.2 Å². The second kappa shape index (κ2) is 11.1. The summed E-state index contributed by atoms with van der Waals surface area (Å²) >= 11 is 0. The number of carbonyl (C=O) groups is 1. The molecule has 0 spiro atoms. The number of anilines is 3. The maximum Gasteiger partial charge on any atom is 0.251 e. The molecule has 1 saturated heterocycles. The Morgan fingerprint density at radius 2 is 1.76 bits per heavy atom. The Morgan fingerprint density at radius 3 is 2.41 bits per heavy atom. The van der Waals surface area contributed by atoms with Crippen molar-refractivity contribution in [3.05, 3.63) is 66.4 Å². The number of hydrogen-bond donors (Lipinski definition) is 3. The second-order valence-corrected chi connectivity index (χ2v) is 8.62. The normalized spacial score (nSPS) is 14.6. The minimum absolute atomic E-state index is 0.0891. The number of nitrogens with one attached hydrogen (secondary N) is 2. The van der Waals surface area contributed by atoms with E-state index in [4.69, 9.17) is 4.74 Å². The van der Waals surface area contributed by atoms with Crippen molar-refractivity contribution >= 4 is 23.2 Å². The largest absolute Gasteiger partial charge is 0.394 e. The summed E-state index contributed by atoms with van der Waals surface area (Å²) in [5.74, 6) is 0.446. The molecule has 0 radical (unpaired) electrons. The summed E-state index contributed by atoms with van der Waals surface area (Å²) < 4.78 is 5.42. The zero-order valence-corrected chi connectivity index (χ0v) is 19.6. The van der Waals surface area contributed by atoms with E-state index in [9.17, 15) is 9.90 Å². The first-order valence-corrected chi connectivity index (χ1v) is 11.6. The Morgan fingerprint density at radius 1 is 1.06 bits per heavy atom. The van der Waals surface area contributed by atoms with Crippen molar-refractivity contribution in [2.45, 2.75) is 19.9 Å². The highest BCUT2D eigenvalue weighted by molar-refractivity contribution is 5.94. The maximum atomic E-state index is 12.5. The number of carbonyl (C=O) groups excluding carboxylic acids is 1. The van der Waals surface area contributed by atoms with E-state index in [1.165, 1.54) is 5.69 Å². The van der Waals surface area contributed by atoms with Gasteiger partial charge >= 0.3 is 0 Å². The summed E-state index contributed by atoms with van der Waals surface area (Å²) in [5, 5.41) is 15.6. The topological polar surface area (TPSA) is 99.6 Å². The number of morpholine rings is 1. The summed E-state index contributed by atoms with van der Waals surface area (Å²) in [5.41, 5.74) is 4.25. The lowest BCUT2D eigenvalue weighted by molar-refractivity contribution is 0.0897.